The Morgan fingerprint density at radius 2 is 2.12 bits per heavy atom. The summed E-state index contributed by atoms with van der Waals surface area (Å²) in [4.78, 5) is 6.04. The van der Waals surface area contributed by atoms with Gasteiger partial charge >= 0.3 is 0 Å². The number of anilines is 1. The molecule has 3 nitrogen and oxygen atoms in total. The van der Waals surface area contributed by atoms with Gasteiger partial charge in [0.25, 0.3) is 0 Å². The number of rotatable bonds is 2. The Bertz CT molecular complexity index is 356. The fourth-order valence-electron chi connectivity index (χ4n) is 1.43. The van der Waals surface area contributed by atoms with E-state index in [1.165, 1.54) is 0 Å². The first-order valence-corrected chi connectivity index (χ1v) is 5.73. The van der Waals surface area contributed by atoms with E-state index in [0.717, 1.165) is 5.69 Å². The fraction of sp³-hybridized carbons (Fsp3) is 0.500. The molecule has 1 heterocycles. The Balaban J connectivity index is 3.07. The molecule has 1 rings (SSSR count). The molecule has 16 heavy (non-hydrogen) atoms. The molecule has 1 aromatic heterocycles. The number of hydrogen-bond acceptors (Lipinski definition) is 2. The highest BCUT2D eigenvalue weighted by Crippen LogP contribution is 2.27. The van der Waals surface area contributed by atoms with Gasteiger partial charge in [0.2, 0.25) is 0 Å². The van der Waals surface area contributed by atoms with E-state index >= 15 is 0 Å². The highest BCUT2D eigenvalue weighted by molar-refractivity contribution is 7.80. The third kappa shape index (κ3) is 2.92. The zero-order chi connectivity index (χ0) is 12.3. The van der Waals surface area contributed by atoms with Crippen molar-refractivity contribution < 1.29 is 0 Å². The number of thiocarbonyl (C=S) groups is 1. The second-order valence-corrected chi connectivity index (χ2v) is 5.38. The zero-order valence-corrected chi connectivity index (χ0v) is 11.1. The van der Waals surface area contributed by atoms with Gasteiger partial charge in [0.1, 0.15) is 0 Å². The molecule has 0 aliphatic heterocycles. The summed E-state index contributed by atoms with van der Waals surface area (Å²) < 4.78 is 0. The van der Waals surface area contributed by atoms with Crippen LogP contribution in [0.25, 0.3) is 0 Å². The van der Waals surface area contributed by atoms with Gasteiger partial charge in [-0.15, -0.1) is 0 Å². The highest BCUT2D eigenvalue weighted by atomic mass is 32.1. The molecule has 0 spiro atoms. The third-order valence-electron chi connectivity index (χ3n) is 2.80. The van der Waals surface area contributed by atoms with Crippen LogP contribution in [0.15, 0.2) is 24.5 Å². The van der Waals surface area contributed by atoms with Gasteiger partial charge < -0.3 is 10.6 Å². The summed E-state index contributed by atoms with van der Waals surface area (Å²) in [7, 11) is 0. The van der Waals surface area contributed by atoms with Gasteiger partial charge in [-0.25, -0.2) is 0 Å². The van der Waals surface area contributed by atoms with E-state index in [1.807, 2.05) is 17.0 Å². The van der Waals surface area contributed by atoms with Crippen molar-refractivity contribution in [1.29, 1.82) is 0 Å². The number of aromatic nitrogens is 1. The predicted octanol–water partition coefficient (Wildman–Crippen LogP) is 2.57. The van der Waals surface area contributed by atoms with Gasteiger partial charge in [0, 0.05) is 12.2 Å². The SMILES string of the molecule is CC(N(C(N)=S)c1cccnc1)C(C)(C)C. The Morgan fingerprint density at radius 1 is 1.50 bits per heavy atom. The largest absolute Gasteiger partial charge is 0.376 e. The van der Waals surface area contributed by atoms with Crippen LogP contribution >= 0.6 is 12.2 Å². The number of hydrogen-bond donors (Lipinski definition) is 1. The van der Waals surface area contributed by atoms with Gasteiger partial charge in [-0.05, 0) is 36.7 Å². The van der Waals surface area contributed by atoms with Crippen molar-refractivity contribution in [2.24, 2.45) is 11.1 Å². The van der Waals surface area contributed by atoms with Crippen LogP contribution in [0, 0.1) is 5.41 Å². The Morgan fingerprint density at radius 3 is 2.50 bits per heavy atom. The van der Waals surface area contributed by atoms with Crippen molar-refractivity contribution in [3.8, 4) is 0 Å². The lowest BCUT2D eigenvalue weighted by molar-refractivity contribution is 0.340. The Kier molecular flexibility index (Phi) is 3.86. The van der Waals surface area contributed by atoms with Crippen molar-refractivity contribution >= 4 is 23.0 Å². The summed E-state index contributed by atoms with van der Waals surface area (Å²) in [5, 5.41) is 0.385. The molecule has 1 atom stereocenters. The first kappa shape index (κ1) is 12.9. The van der Waals surface area contributed by atoms with Gasteiger partial charge in [-0.2, -0.15) is 0 Å². The van der Waals surface area contributed by atoms with E-state index in [2.05, 4.69) is 32.7 Å². The molecule has 4 heteroatoms. The van der Waals surface area contributed by atoms with E-state index < -0.39 is 0 Å². The molecule has 0 aromatic carbocycles. The highest BCUT2D eigenvalue weighted by Gasteiger charge is 2.28. The van der Waals surface area contributed by atoms with E-state index in [4.69, 9.17) is 18.0 Å². The van der Waals surface area contributed by atoms with Crippen molar-refractivity contribution in [3.05, 3.63) is 24.5 Å². The first-order valence-electron chi connectivity index (χ1n) is 5.32. The molecule has 0 saturated carbocycles. The van der Waals surface area contributed by atoms with Crippen LogP contribution in [0.2, 0.25) is 0 Å². The van der Waals surface area contributed by atoms with E-state index in [-0.39, 0.29) is 11.5 Å². The van der Waals surface area contributed by atoms with Crippen molar-refractivity contribution in [2.75, 3.05) is 4.90 Å². The monoisotopic (exact) mass is 237 g/mol. The third-order valence-corrected chi connectivity index (χ3v) is 3.00. The van der Waals surface area contributed by atoms with Crippen LogP contribution in [0.5, 0.6) is 0 Å². The van der Waals surface area contributed by atoms with Crippen LogP contribution in [0.3, 0.4) is 0 Å². The molecule has 0 aliphatic rings. The maximum atomic E-state index is 5.80. The molecule has 0 amide bonds. The average molecular weight is 237 g/mol. The summed E-state index contributed by atoms with van der Waals surface area (Å²) in [6.07, 6.45) is 3.52. The van der Waals surface area contributed by atoms with Crippen molar-refractivity contribution in [2.45, 2.75) is 33.7 Å². The molecular formula is C12H19N3S. The lowest BCUT2D eigenvalue weighted by atomic mass is 9.87. The second-order valence-electron chi connectivity index (χ2n) is 4.96. The number of nitrogens with two attached hydrogens (primary N) is 1. The summed E-state index contributed by atoms with van der Waals surface area (Å²) >= 11 is 5.12. The molecule has 0 saturated heterocycles. The molecule has 0 aliphatic carbocycles. The standard InChI is InChI=1S/C12H19N3S/c1-9(12(2,3)4)15(11(13)16)10-6-5-7-14-8-10/h5-9H,1-4H3,(H2,13,16). The van der Waals surface area contributed by atoms with Gasteiger partial charge in [0.15, 0.2) is 5.11 Å². The van der Waals surface area contributed by atoms with E-state index in [0.29, 0.717) is 5.11 Å². The Labute approximate surface area is 103 Å². The summed E-state index contributed by atoms with van der Waals surface area (Å²) in [5.74, 6) is 0. The minimum atomic E-state index is 0.0965. The molecule has 0 bridgehead atoms. The minimum absolute atomic E-state index is 0.0965. The summed E-state index contributed by atoms with van der Waals surface area (Å²) in [6, 6.07) is 4.07. The minimum Gasteiger partial charge on any atom is -0.376 e. The number of nitrogens with zero attached hydrogens (tertiary/aromatic N) is 2. The predicted molar refractivity (Wildman–Crippen MR) is 72.4 cm³/mol. The summed E-state index contributed by atoms with van der Waals surface area (Å²) in [6.45, 7) is 8.62. The first-order chi connectivity index (χ1) is 7.34. The molecule has 1 unspecified atom stereocenters. The van der Waals surface area contributed by atoms with E-state index in [9.17, 15) is 0 Å². The van der Waals surface area contributed by atoms with Crippen molar-refractivity contribution in [1.82, 2.24) is 4.98 Å². The maximum absolute atomic E-state index is 5.80. The second kappa shape index (κ2) is 4.78. The Hall–Kier alpha value is -1.16. The van der Waals surface area contributed by atoms with Gasteiger partial charge in [-0.1, -0.05) is 20.8 Å². The normalized spacial score (nSPS) is 13.2. The molecule has 0 fully saturated rings. The average Bonchev–Trinajstić information content (AvgIpc) is 2.17. The summed E-state index contributed by atoms with van der Waals surface area (Å²) in [5.41, 5.74) is 6.83. The van der Waals surface area contributed by atoms with Crippen LogP contribution in [0.4, 0.5) is 5.69 Å². The molecule has 0 radical (unpaired) electrons. The van der Waals surface area contributed by atoms with Crippen molar-refractivity contribution in [3.63, 3.8) is 0 Å². The van der Waals surface area contributed by atoms with E-state index in [1.54, 1.807) is 12.4 Å². The number of pyridine rings is 1. The fourth-order valence-corrected chi connectivity index (χ4v) is 1.69. The zero-order valence-electron chi connectivity index (χ0n) is 10.3. The van der Waals surface area contributed by atoms with Crippen LogP contribution in [-0.2, 0) is 0 Å². The topological polar surface area (TPSA) is 42.1 Å². The maximum Gasteiger partial charge on any atom is 0.171 e. The van der Waals surface area contributed by atoms with Crippen LogP contribution in [0.1, 0.15) is 27.7 Å². The molecule has 1 aromatic rings. The molecule has 88 valence electrons. The molecule has 2 N–H and O–H groups in total. The lowest BCUT2D eigenvalue weighted by Crippen LogP contribution is -2.48. The smallest absolute Gasteiger partial charge is 0.171 e. The quantitative estimate of drug-likeness (QED) is 0.803. The lowest BCUT2D eigenvalue weighted by Gasteiger charge is -2.38. The van der Waals surface area contributed by atoms with Crippen LogP contribution in [-0.4, -0.2) is 16.1 Å². The van der Waals surface area contributed by atoms with Gasteiger partial charge in [-0.3, -0.25) is 4.98 Å². The molecular weight excluding hydrogens is 218 g/mol. The van der Waals surface area contributed by atoms with Gasteiger partial charge in [0.05, 0.1) is 11.9 Å². The van der Waals surface area contributed by atoms with Crippen LogP contribution < -0.4 is 10.6 Å².